The Morgan fingerprint density at radius 1 is 0.375 bits per heavy atom. The Balaban J connectivity index is 1.87. The summed E-state index contributed by atoms with van der Waals surface area (Å²) in [5, 5.41) is 9.99. The van der Waals surface area contributed by atoms with Gasteiger partial charge in [-0.05, 0) is 64.1 Å². The molecule has 40 heavy (non-hydrogen) atoms. The van der Waals surface area contributed by atoms with Crippen molar-refractivity contribution >= 4 is 72.4 Å². The summed E-state index contributed by atoms with van der Waals surface area (Å²) in [6.07, 6.45) is 0. The van der Waals surface area contributed by atoms with Gasteiger partial charge in [0.2, 0.25) is 0 Å². The minimum atomic E-state index is -1.99. The number of hydrogen-bond acceptors (Lipinski definition) is 1. The summed E-state index contributed by atoms with van der Waals surface area (Å²) in [4.78, 5) is 2.82. The molecule has 0 atom stereocenters. The van der Waals surface area contributed by atoms with Crippen molar-refractivity contribution in [3.63, 3.8) is 0 Å². The molecule has 4 heteroatoms. The summed E-state index contributed by atoms with van der Waals surface area (Å²) >= 11 is 0. The van der Waals surface area contributed by atoms with E-state index in [1.54, 1.807) is 48.2 Å². The largest absolute Gasteiger partial charge is 0.311 e. The Morgan fingerprint density at radius 2 is 0.550 bits per heavy atom. The molecule has 0 radical (unpaired) electrons. The van der Waals surface area contributed by atoms with Crippen LogP contribution < -0.4 is 36.0 Å². The molecule has 3 aliphatic rings. The van der Waals surface area contributed by atoms with Crippen LogP contribution in [0.15, 0.2) is 36.4 Å². The number of hydrogen-bond donors (Lipinski definition) is 0. The monoisotopic (exact) mass is 581 g/mol. The summed E-state index contributed by atoms with van der Waals surface area (Å²) in [6, 6.07) is 15.9. The van der Waals surface area contributed by atoms with Crippen LogP contribution in [-0.2, 0) is 16.2 Å². The molecular weight excluding hydrogens is 531 g/mol. The fraction of sp³-hybridized carbons (Fsp3) is 0.500. The molecule has 1 nitrogen and oxygen atoms in total. The lowest BCUT2D eigenvalue weighted by Crippen LogP contribution is -2.73. The molecular formula is C36H51NSi3. The molecule has 6 rings (SSSR count). The Hall–Kier alpha value is -1.89. The smallest absolute Gasteiger partial charge is 0.117 e. The van der Waals surface area contributed by atoms with Crippen LogP contribution in [0.25, 0.3) is 0 Å². The lowest BCUT2D eigenvalue weighted by molar-refractivity contribution is 0.591. The normalized spacial score (nSPS) is 19.4. The highest BCUT2D eigenvalue weighted by atomic mass is 28.3. The SMILES string of the molecule is CC(C)(C)c1cc2c3c(c1)[Si](C)(C)c1cc(C(C)(C)C)cc4c1N3c1c(cc(C(C)(C)C)cc1[Si]4(C)C)[Si]2(C)C. The number of rotatable bonds is 0. The van der Waals surface area contributed by atoms with Crippen molar-refractivity contribution in [1.29, 1.82) is 0 Å². The zero-order valence-electron chi connectivity index (χ0n) is 27.9. The molecule has 0 saturated carbocycles. The van der Waals surface area contributed by atoms with E-state index in [1.165, 1.54) is 16.7 Å². The van der Waals surface area contributed by atoms with Gasteiger partial charge >= 0.3 is 0 Å². The second-order valence-electron chi connectivity index (χ2n) is 17.7. The van der Waals surface area contributed by atoms with Gasteiger partial charge in [-0.15, -0.1) is 0 Å². The van der Waals surface area contributed by atoms with Gasteiger partial charge in [0.1, 0.15) is 24.2 Å². The number of nitrogens with zero attached hydrogens (tertiary/aromatic N) is 1. The third kappa shape index (κ3) is 3.54. The molecule has 0 amide bonds. The Kier molecular flexibility index (Phi) is 5.46. The van der Waals surface area contributed by atoms with Gasteiger partial charge < -0.3 is 4.90 Å². The van der Waals surface area contributed by atoms with Gasteiger partial charge in [-0.3, -0.25) is 0 Å². The summed E-state index contributed by atoms with van der Waals surface area (Å²) < 4.78 is 0. The van der Waals surface area contributed by atoms with Crippen LogP contribution in [0.3, 0.4) is 0 Å². The predicted octanol–water partition coefficient (Wildman–Crippen LogP) is 6.46. The van der Waals surface area contributed by atoms with Crippen molar-refractivity contribution in [3.8, 4) is 0 Å². The molecule has 0 spiro atoms. The third-order valence-electron chi connectivity index (χ3n) is 10.6. The lowest BCUT2D eigenvalue weighted by atomic mass is 9.85. The minimum absolute atomic E-state index is 0.120. The van der Waals surface area contributed by atoms with Gasteiger partial charge in [0.25, 0.3) is 0 Å². The van der Waals surface area contributed by atoms with Crippen LogP contribution in [0.2, 0.25) is 39.3 Å². The molecule has 3 heterocycles. The van der Waals surface area contributed by atoms with Crippen molar-refractivity contribution in [2.75, 3.05) is 4.90 Å². The highest BCUT2D eigenvalue weighted by molar-refractivity contribution is 7.10. The average molecular weight is 582 g/mol. The molecule has 0 aromatic heterocycles. The van der Waals surface area contributed by atoms with Crippen LogP contribution in [-0.4, -0.2) is 24.2 Å². The highest BCUT2D eigenvalue weighted by Crippen LogP contribution is 2.46. The second-order valence-corrected chi connectivity index (χ2v) is 30.7. The molecule has 0 fully saturated rings. The Labute approximate surface area is 247 Å². The van der Waals surface area contributed by atoms with Gasteiger partial charge in [0.05, 0.1) is 0 Å². The molecule has 0 bridgehead atoms. The zero-order chi connectivity index (χ0) is 29.7. The first kappa shape index (κ1) is 28.2. The Bertz CT molecular complexity index is 1340. The highest BCUT2D eigenvalue weighted by Gasteiger charge is 2.54. The van der Waals surface area contributed by atoms with E-state index in [2.05, 4.69) is 143 Å². The summed E-state index contributed by atoms with van der Waals surface area (Å²) in [5.41, 5.74) is 9.65. The van der Waals surface area contributed by atoms with E-state index in [1.807, 2.05) is 0 Å². The van der Waals surface area contributed by atoms with Crippen LogP contribution in [0.4, 0.5) is 17.1 Å². The first-order chi connectivity index (χ1) is 18.0. The van der Waals surface area contributed by atoms with Gasteiger partial charge in [-0.1, -0.05) is 138 Å². The van der Waals surface area contributed by atoms with E-state index in [-0.39, 0.29) is 16.2 Å². The van der Waals surface area contributed by atoms with Crippen LogP contribution in [0, 0.1) is 0 Å². The minimum Gasteiger partial charge on any atom is -0.311 e. The fourth-order valence-electron chi connectivity index (χ4n) is 7.55. The van der Waals surface area contributed by atoms with Crippen molar-refractivity contribution < 1.29 is 0 Å². The van der Waals surface area contributed by atoms with Crippen molar-refractivity contribution in [1.82, 2.24) is 0 Å². The quantitative estimate of drug-likeness (QED) is 0.276. The van der Waals surface area contributed by atoms with Gasteiger partial charge in [-0.2, -0.15) is 0 Å². The lowest BCUT2D eigenvalue weighted by Gasteiger charge is -2.55. The van der Waals surface area contributed by atoms with E-state index in [0.717, 1.165) is 0 Å². The third-order valence-corrected chi connectivity index (χ3v) is 21.0. The predicted molar refractivity (Wildman–Crippen MR) is 187 cm³/mol. The molecule has 0 aliphatic carbocycles. The maximum atomic E-state index is 2.82. The van der Waals surface area contributed by atoms with E-state index >= 15 is 0 Å². The van der Waals surface area contributed by atoms with Crippen molar-refractivity contribution in [2.24, 2.45) is 0 Å². The van der Waals surface area contributed by atoms with Crippen molar-refractivity contribution in [3.05, 3.63) is 53.1 Å². The van der Waals surface area contributed by atoms with Crippen LogP contribution in [0.5, 0.6) is 0 Å². The molecule has 212 valence electrons. The fourth-order valence-corrected chi connectivity index (χ4v) is 16.9. The van der Waals surface area contributed by atoms with Crippen LogP contribution >= 0.6 is 0 Å². The van der Waals surface area contributed by atoms with Gasteiger partial charge in [0.15, 0.2) is 0 Å². The molecule has 3 aliphatic heterocycles. The average Bonchev–Trinajstić information content (AvgIpc) is 2.79. The molecule has 0 unspecified atom stereocenters. The van der Waals surface area contributed by atoms with E-state index in [0.29, 0.717) is 0 Å². The number of benzene rings is 3. The topological polar surface area (TPSA) is 3.24 Å². The zero-order valence-corrected chi connectivity index (χ0v) is 30.9. The van der Waals surface area contributed by atoms with E-state index in [9.17, 15) is 0 Å². The standard InChI is InChI=1S/C36H51NSi3/c1-34(2,3)22-16-25-31-26(17-22)39(12,13)28-19-24(36(7,8)9)21-30-33(28)37(31)32-27(38(25,10)11)18-23(35(4,5)6)20-29(32)40(30,14)15/h16-21H,1-15H3. The van der Waals surface area contributed by atoms with Crippen molar-refractivity contribution in [2.45, 2.75) is 118 Å². The maximum absolute atomic E-state index is 2.82. The van der Waals surface area contributed by atoms with E-state index < -0.39 is 24.2 Å². The number of anilines is 3. The summed E-state index contributed by atoms with van der Waals surface area (Å²) in [5.74, 6) is 0. The molecule has 0 N–H and O–H groups in total. The molecule has 3 aromatic rings. The second kappa shape index (κ2) is 7.73. The molecule has 0 saturated heterocycles. The summed E-state index contributed by atoms with van der Waals surface area (Å²) in [7, 11) is -5.98. The first-order valence-electron chi connectivity index (χ1n) is 15.4. The molecule has 3 aromatic carbocycles. The van der Waals surface area contributed by atoms with E-state index in [4.69, 9.17) is 0 Å². The Morgan fingerprint density at radius 3 is 0.700 bits per heavy atom. The maximum Gasteiger partial charge on any atom is 0.117 e. The van der Waals surface area contributed by atoms with Crippen LogP contribution in [0.1, 0.15) is 79.0 Å². The van der Waals surface area contributed by atoms with Gasteiger partial charge in [-0.25, -0.2) is 0 Å². The first-order valence-corrected chi connectivity index (χ1v) is 24.4. The van der Waals surface area contributed by atoms with Gasteiger partial charge in [0, 0.05) is 17.1 Å². The summed E-state index contributed by atoms with van der Waals surface area (Å²) in [6.45, 7) is 37.5.